The van der Waals surface area contributed by atoms with Crippen LogP contribution in [0.5, 0.6) is 0 Å². The Balaban J connectivity index is 2.25. The number of hydrogen-bond donors (Lipinski definition) is 0. The molecule has 0 radical (unpaired) electrons. The molecule has 0 N–H and O–H groups in total. The summed E-state index contributed by atoms with van der Waals surface area (Å²) in [5.41, 5.74) is 1.87. The van der Waals surface area contributed by atoms with Crippen LogP contribution in [0.3, 0.4) is 0 Å². The van der Waals surface area contributed by atoms with E-state index in [4.69, 9.17) is 0 Å². The van der Waals surface area contributed by atoms with Crippen molar-refractivity contribution in [1.82, 2.24) is 18.9 Å². The van der Waals surface area contributed by atoms with Crippen molar-refractivity contribution in [2.24, 2.45) is 0 Å². The van der Waals surface area contributed by atoms with E-state index in [-0.39, 0.29) is 21.2 Å². The number of halogens is 3. The van der Waals surface area contributed by atoms with Gasteiger partial charge in [0, 0.05) is 28.6 Å². The maximum atomic E-state index is 13.3. The first-order valence-corrected chi connectivity index (χ1v) is 8.19. The van der Waals surface area contributed by atoms with Gasteiger partial charge in [0.25, 0.3) is 12.0 Å². The van der Waals surface area contributed by atoms with Gasteiger partial charge in [-0.1, -0.05) is 15.9 Å². The summed E-state index contributed by atoms with van der Waals surface area (Å²) >= 11 is 3.19. The Bertz CT molecular complexity index is 1180. The summed E-state index contributed by atoms with van der Waals surface area (Å²) in [6, 6.07) is 6.39. The molecule has 0 aliphatic heterocycles. The van der Waals surface area contributed by atoms with E-state index in [1.165, 1.54) is 27.3 Å². The SMILES string of the molecule is Cc1ncccc1-n1c(=O)c2nccn2c2cc(C(F)F)c(Br)cc21. The van der Waals surface area contributed by atoms with Crippen molar-refractivity contribution < 1.29 is 8.78 Å². The smallest absolute Gasteiger partial charge is 0.294 e. The van der Waals surface area contributed by atoms with Crippen LogP contribution in [0, 0.1) is 6.92 Å². The molecule has 0 unspecified atom stereocenters. The van der Waals surface area contributed by atoms with Crippen molar-refractivity contribution in [3.63, 3.8) is 0 Å². The molecule has 4 aromatic rings. The van der Waals surface area contributed by atoms with Gasteiger partial charge in [-0.25, -0.2) is 13.8 Å². The maximum Gasteiger partial charge on any atom is 0.299 e. The minimum Gasteiger partial charge on any atom is -0.294 e. The third-order valence-corrected chi connectivity index (χ3v) is 4.77. The Morgan fingerprint density at radius 3 is 2.68 bits per heavy atom. The van der Waals surface area contributed by atoms with E-state index in [0.29, 0.717) is 22.4 Å². The van der Waals surface area contributed by atoms with Crippen LogP contribution >= 0.6 is 15.9 Å². The number of nitrogens with zero attached hydrogens (tertiary/aromatic N) is 4. The summed E-state index contributed by atoms with van der Waals surface area (Å²) in [4.78, 5) is 21.3. The summed E-state index contributed by atoms with van der Waals surface area (Å²) in [5, 5.41) is 0. The molecule has 8 heteroatoms. The summed E-state index contributed by atoms with van der Waals surface area (Å²) in [5.74, 6) is 0. The molecule has 0 saturated heterocycles. The van der Waals surface area contributed by atoms with Crippen molar-refractivity contribution >= 4 is 32.6 Å². The highest BCUT2D eigenvalue weighted by Crippen LogP contribution is 2.32. The predicted octanol–water partition coefficient (Wildman–Crippen LogP) is 4.04. The van der Waals surface area contributed by atoms with E-state index in [0.717, 1.165) is 0 Å². The number of pyridine rings is 1. The van der Waals surface area contributed by atoms with Gasteiger partial charge in [-0.3, -0.25) is 18.7 Å². The van der Waals surface area contributed by atoms with E-state index in [1.54, 1.807) is 31.5 Å². The number of aromatic nitrogens is 4. The molecule has 126 valence electrons. The quantitative estimate of drug-likeness (QED) is 0.506. The highest BCUT2D eigenvalue weighted by atomic mass is 79.9. The third kappa shape index (κ3) is 2.36. The topological polar surface area (TPSA) is 52.2 Å². The van der Waals surface area contributed by atoms with Gasteiger partial charge in [-0.05, 0) is 31.2 Å². The molecule has 0 spiro atoms. The third-order valence-electron chi connectivity index (χ3n) is 4.08. The van der Waals surface area contributed by atoms with Gasteiger partial charge < -0.3 is 0 Å². The largest absolute Gasteiger partial charge is 0.299 e. The Kier molecular flexibility index (Phi) is 3.64. The summed E-state index contributed by atoms with van der Waals surface area (Å²) < 4.78 is 29.9. The van der Waals surface area contributed by atoms with Gasteiger partial charge in [0.2, 0.25) is 5.65 Å². The second-order valence-electron chi connectivity index (χ2n) is 5.53. The van der Waals surface area contributed by atoms with Crippen molar-refractivity contribution in [2.75, 3.05) is 0 Å². The normalized spacial score (nSPS) is 11.7. The first-order valence-electron chi connectivity index (χ1n) is 7.40. The van der Waals surface area contributed by atoms with E-state index in [2.05, 4.69) is 25.9 Å². The van der Waals surface area contributed by atoms with Crippen molar-refractivity contribution in [2.45, 2.75) is 13.3 Å². The van der Waals surface area contributed by atoms with Crippen LogP contribution in [0.25, 0.3) is 22.4 Å². The highest BCUT2D eigenvalue weighted by molar-refractivity contribution is 9.10. The van der Waals surface area contributed by atoms with Crippen LogP contribution in [-0.2, 0) is 0 Å². The van der Waals surface area contributed by atoms with Crippen LogP contribution in [0.4, 0.5) is 8.78 Å². The lowest BCUT2D eigenvalue weighted by Gasteiger charge is -2.15. The minimum absolute atomic E-state index is 0.143. The van der Waals surface area contributed by atoms with Crippen LogP contribution in [0.15, 0.2) is 52.1 Å². The molecule has 0 saturated carbocycles. The fourth-order valence-electron chi connectivity index (χ4n) is 2.92. The zero-order valence-corrected chi connectivity index (χ0v) is 14.5. The molecule has 0 fully saturated rings. The summed E-state index contributed by atoms with van der Waals surface area (Å²) in [6.45, 7) is 1.78. The summed E-state index contributed by atoms with van der Waals surface area (Å²) in [7, 11) is 0. The van der Waals surface area contributed by atoms with Crippen LogP contribution in [0.2, 0.25) is 0 Å². The molecule has 4 rings (SSSR count). The molecule has 1 aromatic carbocycles. The van der Waals surface area contributed by atoms with E-state index in [1.807, 2.05) is 0 Å². The van der Waals surface area contributed by atoms with Crippen LogP contribution < -0.4 is 5.56 Å². The summed E-state index contributed by atoms with van der Waals surface area (Å²) in [6.07, 6.45) is 2.05. The number of rotatable bonds is 2. The zero-order valence-electron chi connectivity index (χ0n) is 12.9. The number of hydrogen-bond acceptors (Lipinski definition) is 3. The van der Waals surface area contributed by atoms with Gasteiger partial charge in [0.1, 0.15) is 0 Å². The molecule has 0 atom stereocenters. The number of alkyl halides is 2. The zero-order chi connectivity index (χ0) is 17.7. The molecule has 0 bridgehead atoms. The second kappa shape index (κ2) is 5.73. The fourth-order valence-corrected chi connectivity index (χ4v) is 3.43. The number of fused-ring (bicyclic) bond motifs is 3. The number of imidazole rings is 1. The van der Waals surface area contributed by atoms with Gasteiger partial charge in [0.15, 0.2) is 0 Å². The van der Waals surface area contributed by atoms with E-state index in [9.17, 15) is 13.6 Å². The Labute approximate surface area is 148 Å². The Morgan fingerprint density at radius 2 is 1.96 bits per heavy atom. The van der Waals surface area contributed by atoms with Gasteiger partial charge in [-0.15, -0.1) is 0 Å². The van der Waals surface area contributed by atoms with Crippen molar-refractivity contribution in [1.29, 1.82) is 0 Å². The van der Waals surface area contributed by atoms with Crippen molar-refractivity contribution in [3.8, 4) is 5.69 Å². The molecular weight excluding hydrogens is 394 g/mol. The van der Waals surface area contributed by atoms with Crippen molar-refractivity contribution in [3.05, 3.63) is 68.9 Å². The minimum atomic E-state index is -2.64. The maximum absolute atomic E-state index is 13.3. The average Bonchev–Trinajstić information content (AvgIpc) is 3.06. The standard InChI is InChI=1S/C17H11BrF2N4O/c1-9-12(3-2-4-21-9)24-14-8-11(18)10(15(19)20)7-13(14)23-6-5-22-16(23)17(24)25/h2-8,15H,1H3. The molecule has 0 aliphatic carbocycles. The molecular formula is C17H11BrF2N4O. The predicted molar refractivity (Wildman–Crippen MR) is 93.5 cm³/mol. The lowest BCUT2D eigenvalue weighted by molar-refractivity contribution is 0.150. The average molecular weight is 405 g/mol. The number of aryl methyl sites for hydroxylation is 1. The first kappa shape index (κ1) is 15.9. The Hall–Kier alpha value is -2.61. The lowest BCUT2D eigenvalue weighted by Crippen LogP contribution is -2.23. The number of benzene rings is 1. The fraction of sp³-hybridized carbons (Fsp3) is 0.118. The van der Waals surface area contributed by atoms with Gasteiger partial charge in [-0.2, -0.15) is 0 Å². The van der Waals surface area contributed by atoms with Gasteiger partial charge in [0.05, 0.1) is 22.4 Å². The molecule has 5 nitrogen and oxygen atoms in total. The molecule has 25 heavy (non-hydrogen) atoms. The first-order chi connectivity index (χ1) is 12.0. The van der Waals surface area contributed by atoms with Crippen LogP contribution in [-0.4, -0.2) is 18.9 Å². The molecule has 3 heterocycles. The van der Waals surface area contributed by atoms with Crippen LogP contribution in [0.1, 0.15) is 17.7 Å². The second-order valence-corrected chi connectivity index (χ2v) is 6.39. The van der Waals surface area contributed by atoms with E-state index >= 15 is 0 Å². The monoisotopic (exact) mass is 404 g/mol. The molecule has 0 aliphatic rings. The Morgan fingerprint density at radius 1 is 1.16 bits per heavy atom. The highest BCUT2D eigenvalue weighted by Gasteiger charge is 2.19. The molecule has 3 aromatic heterocycles. The van der Waals surface area contributed by atoms with Gasteiger partial charge >= 0.3 is 0 Å². The van der Waals surface area contributed by atoms with E-state index < -0.39 is 6.43 Å². The lowest BCUT2D eigenvalue weighted by atomic mass is 10.1. The molecule has 0 amide bonds.